The first-order valence-electron chi connectivity index (χ1n) is 5.90. The lowest BCUT2D eigenvalue weighted by atomic mass is 9.91. The van der Waals surface area contributed by atoms with Crippen molar-refractivity contribution in [2.24, 2.45) is 0 Å². The first-order valence-corrected chi connectivity index (χ1v) is 6.28. The van der Waals surface area contributed by atoms with Crippen LogP contribution < -0.4 is 0 Å². The second kappa shape index (κ2) is 4.93. The quantitative estimate of drug-likeness (QED) is 0.689. The van der Waals surface area contributed by atoms with Gasteiger partial charge in [-0.25, -0.2) is 0 Å². The Hall–Kier alpha value is -1.27. The van der Waals surface area contributed by atoms with Gasteiger partial charge in [-0.2, -0.15) is 0 Å². The van der Waals surface area contributed by atoms with Crippen molar-refractivity contribution in [3.05, 3.63) is 69.7 Å². The molecule has 1 atom stereocenters. The summed E-state index contributed by atoms with van der Waals surface area (Å²) >= 11 is 5.91. The maximum absolute atomic E-state index is 5.91. The summed E-state index contributed by atoms with van der Waals surface area (Å²) in [4.78, 5) is 0. The molecule has 0 N–H and O–H groups in total. The van der Waals surface area contributed by atoms with Gasteiger partial charge in [-0.3, -0.25) is 0 Å². The molecule has 0 spiro atoms. The van der Waals surface area contributed by atoms with E-state index in [1.54, 1.807) is 0 Å². The Labute approximate surface area is 108 Å². The van der Waals surface area contributed by atoms with Crippen LogP contribution in [0.2, 0.25) is 5.02 Å². The van der Waals surface area contributed by atoms with Gasteiger partial charge in [-0.1, -0.05) is 48.9 Å². The highest BCUT2D eigenvalue weighted by molar-refractivity contribution is 6.30. The Morgan fingerprint density at radius 3 is 2.00 bits per heavy atom. The molecule has 17 heavy (non-hydrogen) atoms. The van der Waals surface area contributed by atoms with E-state index in [2.05, 4.69) is 51.1 Å². The van der Waals surface area contributed by atoms with Crippen molar-refractivity contribution in [2.45, 2.75) is 26.7 Å². The lowest BCUT2D eigenvalue weighted by molar-refractivity contribution is 0.918. The monoisotopic (exact) mass is 244 g/mol. The Bertz CT molecular complexity index is 512. The molecule has 0 fully saturated rings. The standard InChI is InChI=1S/C16H17Cl/c1-11-4-5-15(10-12(11)2)13(3)14-6-8-16(17)9-7-14/h4-10,13H,1-3H3. The van der Waals surface area contributed by atoms with Crippen molar-refractivity contribution in [3.63, 3.8) is 0 Å². The topological polar surface area (TPSA) is 0 Å². The van der Waals surface area contributed by atoms with Crippen LogP contribution in [0.25, 0.3) is 0 Å². The zero-order valence-electron chi connectivity index (χ0n) is 10.5. The van der Waals surface area contributed by atoms with Crippen molar-refractivity contribution in [2.75, 3.05) is 0 Å². The Kier molecular flexibility index (Phi) is 3.54. The van der Waals surface area contributed by atoms with Crippen LogP contribution in [-0.2, 0) is 0 Å². The van der Waals surface area contributed by atoms with Gasteiger partial charge in [0.25, 0.3) is 0 Å². The summed E-state index contributed by atoms with van der Waals surface area (Å²) in [5.41, 5.74) is 5.36. The van der Waals surface area contributed by atoms with Crippen LogP contribution in [0.1, 0.15) is 35.1 Å². The predicted molar refractivity (Wildman–Crippen MR) is 74.9 cm³/mol. The van der Waals surface area contributed by atoms with Crippen LogP contribution >= 0.6 is 11.6 Å². The molecule has 0 heterocycles. The first kappa shape index (κ1) is 12.2. The Morgan fingerprint density at radius 2 is 1.41 bits per heavy atom. The predicted octanol–water partition coefficient (Wildman–Crippen LogP) is 5.11. The van der Waals surface area contributed by atoms with Crippen LogP contribution in [0.4, 0.5) is 0 Å². The van der Waals surface area contributed by atoms with Crippen LogP contribution in [0.15, 0.2) is 42.5 Å². The van der Waals surface area contributed by atoms with Crippen LogP contribution in [0.3, 0.4) is 0 Å². The summed E-state index contributed by atoms with van der Waals surface area (Å²) in [6.07, 6.45) is 0. The van der Waals surface area contributed by atoms with Crippen molar-refractivity contribution < 1.29 is 0 Å². The van der Waals surface area contributed by atoms with Gasteiger partial charge in [-0.15, -0.1) is 0 Å². The van der Waals surface area contributed by atoms with E-state index in [0.29, 0.717) is 5.92 Å². The molecule has 0 radical (unpaired) electrons. The van der Waals surface area contributed by atoms with E-state index in [1.165, 1.54) is 22.3 Å². The van der Waals surface area contributed by atoms with Crippen LogP contribution in [0, 0.1) is 13.8 Å². The third-order valence-corrected chi connectivity index (χ3v) is 3.65. The lowest BCUT2D eigenvalue weighted by Crippen LogP contribution is -1.97. The second-order valence-corrected chi connectivity index (χ2v) is 5.05. The lowest BCUT2D eigenvalue weighted by Gasteiger charge is -2.14. The summed E-state index contributed by atoms with van der Waals surface area (Å²) in [5.74, 6) is 0.409. The minimum absolute atomic E-state index is 0.409. The molecular formula is C16H17Cl. The maximum atomic E-state index is 5.91. The highest BCUT2D eigenvalue weighted by Gasteiger charge is 2.08. The van der Waals surface area contributed by atoms with Gasteiger partial charge in [0.15, 0.2) is 0 Å². The molecule has 0 aliphatic carbocycles. The van der Waals surface area contributed by atoms with E-state index < -0.39 is 0 Å². The Morgan fingerprint density at radius 1 is 0.824 bits per heavy atom. The fourth-order valence-corrected chi connectivity index (χ4v) is 2.10. The molecule has 0 aromatic heterocycles. The third kappa shape index (κ3) is 2.70. The van der Waals surface area contributed by atoms with E-state index >= 15 is 0 Å². The van der Waals surface area contributed by atoms with Gasteiger partial charge in [0, 0.05) is 10.9 Å². The number of halogens is 1. The summed E-state index contributed by atoms with van der Waals surface area (Å²) in [6.45, 7) is 6.53. The molecule has 0 bridgehead atoms. The SMILES string of the molecule is Cc1ccc(C(C)c2ccc(Cl)cc2)cc1C. The molecule has 2 aromatic rings. The molecule has 88 valence electrons. The molecule has 0 aliphatic heterocycles. The molecule has 1 unspecified atom stereocenters. The largest absolute Gasteiger partial charge is 0.0843 e. The highest BCUT2D eigenvalue weighted by atomic mass is 35.5. The normalized spacial score (nSPS) is 12.5. The van der Waals surface area contributed by atoms with E-state index in [0.717, 1.165) is 5.02 Å². The number of aryl methyl sites for hydroxylation is 2. The van der Waals surface area contributed by atoms with Gasteiger partial charge in [0.05, 0.1) is 0 Å². The number of benzene rings is 2. The average Bonchev–Trinajstić information content (AvgIpc) is 2.33. The number of rotatable bonds is 2. The summed E-state index contributed by atoms with van der Waals surface area (Å²) in [7, 11) is 0. The molecule has 1 heteroatoms. The maximum Gasteiger partial charge on any atom is 0.0406 e. The highest BCUT2D eigenvalue weighted by Crippen LogP contribution is 2.26. The number of hydrogen-bond acceptors (Lipinski definition) is 0. The van der Waals surface area contributed by atoms with Gasteiger partial charge in [0.1, 0.15) is 0 Å². The molecular weight excluding hydrogens is 228 g/mol. The molecule has 0 nitrogen and oxygen atoms in total. The fourth-order valence-electron chi connectivity index (χ4n) is 1.98. The van der Waals surface area contributed by atoms with Crippen molar-refractivity contribution in [1.82, 2.24) is 0 Å². The van der Waals surface area contributed by atoms with Crippen LogP contribution in [-0.4, -0.2) is 0 Å². The van der Waals surface area contributed by atoms with Gasteiger partial charge in [-0.05, 0) is 48.2 Å². The number of hydrogen-bond donors (Lipinski definition) is 0. The van der Waals surface area contributed by atoms with Crippen molar-refractivity contribution in [3.8, 4) is 0 Å². The molecule has 0 amide bonds. The molecule has 0 saturated heterocycles. The molecule has 2 rings (SSSR count). The zero-order chi connectivity index (χ0) is 12.4. The summed E-state index contributed by atoms with van der Waals surface area (Å²) in [5, 5.41) is 0.793. The minimum Gasteiger partial charge on any atom is -0.0843 e. The van der Waals surface area contributed by atoms with Crippen molar-refractivity contribution in [1.29, 1.82) is 0 Å². The summed E-state index contributed by atoms with van der Waals surface area (Å²) < 4.78 is 0. The smallest absolute Gasteiger partial charge is 0.0406 e. The average molecular weight is 245 g/mol. The van der Waals surface area contributed by atoms with Crippen molar-refractivity contribution >= 4 is 11.6 Å². The van der Waals surface area contributed by atoms with Gasteiger partial charge in [0.2, 0.25) is 0 Å². The summed E-state index contributed by atoms with van der Waals surface area (Å²) in [6, 6.07) is 14.8. The van der Waals surface area contributed by atoms with E-state index in [1.807, 2.05) is 12.1 Å². The first-order chi connectivity index (χ1) is 8.08. The zero-order valence-corrected chi connectivity index (χ0v) is 11.3. The Balaban J connectivity index is 2.33. The van der Waals surface area contributed by atoms with E-state index in [-0.39, 0.29) is 0 Å². The van der Waals surface area contributed by atoms with E-state index in [9.17, 15) is 0 Å². The van der Waals surface area contributed by atoms with E-state index in [4.69, 9.17) is 11.6 Å². The third-order valence-electron chi connectivity index (χ3n) is 3.40. The minimum atomic E-state index is 0.409. The van der Waals surface area contributed by atoms with Gasteiger partial charge >= 0.3 is 0 Å². The fraction of sp³-hybridized carbons (Fsp3) is 0.250. The van der Waals surface area contributed by atoms with Gasteiger partial charge < -0.3 is 0 Å². The molecule has 0 aliphatic rings. The molecule has 2 aromatic carbocycles. The van der Waals surface area contributed by atoms with Crippen LogP contribution in [0.5, 0.6) is 0 Å². The molecule has 0 saturated carbocycles. The second-order valence-electron chi connectivity index (χ2n) is 4.62.